The van der Waals surface area contributed by atoms with Gasteiger partial charge in [0.2, 0.25) is 0 Å². The Balaban J connectivity index is 2.08. The Morgan fingerprint density at radius 1 is 1.37 bits per heavy atom. The predicted octanol–water partition coefficient (Wildman–Crippen LogP) is 2.09. The van der Waals surface area contributed by atoms with Gasteiger partial charge in [0.15, 0.2) is 0 Å². The molecule has 6 heteroatoms. The molecule has 2 rings (SSSR count). The molecule has 1 heterocycles. The summed E-state index contributed by atoms with van der Waals surface area (Å²) in [6.07, 6.45) is 0. The van der Waals surface area contributed by atoms with Gasteiger partial charge >= 0.3 is 0 Å². The zero-order valence-corrected chi connectivity index (χ0v) is 11.5. The molecule has 1 aromatic carbocycles. The SMILES string of the molecule is COc1ccc(OC)c(CNC(=O)c2cscn2)c1. The molecule has 0 radical (unpaired) electrons. The van der Waals surface area contributed by atoms with Crippen LogP contribution in [-0.4, -0.2) is 25.1 Å². The molecule has 1 aromatic heterocycles. The quantitative estimate of drug-likeness (QED) is 0.909. The zero-order chi connectivity index (χ0) is 13.7. The molecule has 1 N–H and O–H groups in total. The van der Waals surface area contributed by atoms with Crippen LogP contribution in [0.2, 0.25) is 0 Å². The van der Waals surface area contributed by atoms with Gasteiger partial charge in [-0.1, -0.05) is 0 Å². The summed E-state index contributed by atoms with van der Waals surface area (Å²) in [6.45, 7) is 0.358. The van der Waals surface area contributed by atoms with E-state index in [4.69, 9.17) is 9.47 Å². The Hall–Kier alpha value is -2.08. The number of methoxy groups -OCH3 is 2. The standard InChI is InChI=1S/C13H14N2O3S/c1-17-10-3-4-12(18-2)9(5-10)6-14-13(16)11-7-19-8-15-11/h3-5,7-8H,6H2,1-2H3,(H,14,16). The fourth-order valence-electron chi connectivity index (χ4n) is 1.61. The maximum atomic E-state index is 11.8. The second-order valence-electron chi connectivity index (χ2n) is 3.73. The number of carbonyl (C=O) groups excluding carboxylic acids is 1. The molecule has 0 spiro atoms. The molecule has 0 saturated carbocycles. The lowest BCUT2D eigenvalue weighted by Gasteiger charge is -2.10. The van der Waals surface area contributed by atoms with Crippen LogP contribution in [0.1, 0.15) is 16.1 Å². The van der Waals surface area contributed by atoms with Gasteiger partial charge in [0.1, 0.15) is 17.2 Å². The molecule has 0 aliphatic heterocycles. The van der Waals surface area contributed by atoms with Gasteiger partial charge in [-0.05, 0) is 18.2 Å². The van der Waals surface area contributed by atoms with E-state index in [1.165, 1.54) is 11.3 Å². The van der Waals surface area contributed by atoms with Crippen molar-refractivity contribution in [1.82, 2.24) is 10.3 Å². The van der Waals surface area contributed by atoms with Crippen LogP contribution >= 0.6 is 11.3 Å². The molecule has 0 bridgehead atoms. The van der Waals surface area contributed by atoms with Gasteiger partial charge in [-0.2, -0.15) is 0 Å². The van der Waals surface area contributed by atoms with Crippen LogP contribution in [0.3, 0.4) is 0 Å². The van der Waals surface area contributed by atoms with Gasteiger partial charge in [0, 0.05) is 17.5 Å². The van der Waals surface area contributed by atoms with Crippen molar-refractivity contribution in [2.24, 2.45) is 0 Å². The summed E-state index contributed by atoms with van der Waals surface area (Å²) in [5.74, 6) is 1.23. The van der Waals surface area contributed by atoms with Crippen LogP contribution in [-0.2, 0) is 6.54 Å². The fourth-order valence-corrected chi connectivity index (χ4v) is 2.14. The Morgan fingerprint density at radius 2 is 2.21 bits per heavy atom. The largest absolute Gasteiger partial charge is 0.497 e. The van der Waals surface area contributed by atoms with Crippen molar-refractivity contribution in [3.05, 3.63) is 40.3 Å². The summed E-state index contributed by atoms with van der Waals surface area (Å²) >= 11 is 1.39. The van der Waals surface area contributed by atoms with Crippen molar-refractivity contribution in [3.8, 4) is 11.5 Å². The minimum atomic E-state index is -0.203. The summed E-state index contributed by atoms with van der Waals surface area (Å²) in [4.78, 5) is 15.7. The van der Waals surface area contributed by atoms with E-state index in [0.717, 1.165) is 11.3 Å². The minimum Gasteiger partial charge on any atom is -0.497 e. The maximum absolute atomic E-state index is 11.8. The first-order valence-corrected chi connectivity index (χ1v) is 6.56. The monoisotopic (exact) mass is 278 g/mol. The molecule has 0 unspecified atom stereocenters. The molecule has 100 valence electrons. The van der Waals surface area contributed by atoms with Gasteiger partial charge in [-0.15, -0.1) is 11.3 Å². The van der Waals surface area contributed by atoms with E-state index in [9.17, 15) is 4.79 Å². The van der Waals surface area contributed by atoms with Gasteiger partial charge < -0.3 is 14.8 Å². The first kappa shape index (κ1) is 13.4. The lowest BCUT2D eigenvalue weighted by Crippen LogP contribution is -2.23. The van der Waals surface area contributed by atoms with Crippen molar-refractivity contribution in [3.63, 3.8) is 0 Å². The Kier molecular flexibility index (Phi) is 4.35. The Labute approximate surface area is 115 Å². The fraction of sp³-hybridized carbons (Fsp3) is 0.231. The predicted molar refractivity (Wildman–Crippen MR) is 72.8 cm³/mol. The molecule has 0 atom stereocenters. The zero-order valence-electron chi connectivity index (χ0n) is 10.7. The van der Waals surface area contributed by atoms with Crippen molar-refractivity contribution in [2.75, 3.05) is 14.2 Å². The number of nitrogens with one attached hydrogen (secondary N) is 1. The topological polar surface area (TPSA) is 60.5 Å². The number of hydrogen-bond donors (Lipinski definition) is 1. The first-order valence-electron chi connectivity index (χ1n) is 5.62. The second kappa shape index (κ2) is 6.19. The number of hydrogen-bond acceptors (Lipinski definition) is 5. The summed E-state index contributed by atoms with van der Waals surface area (Å²) in [7, 11) is 3.19. The molecule has 0 aliphatic carbocycles. The van der Waals surface area contributed by atoms with Crippen LogP contribution in [0.5, 0.6) is 11.5 Å². The van der Waals surface area contributed by atoms with Gasteiger partial charge in [0.05, 0.1) is 19.7 Å². The molecule has 1 amide bonds. The molecule has 0 saturated heterocycles. The third-order valence-corrected chi connectivity index (χ3v) is 3.18. The van der Waals surface area contributed by atoms with E-state index in [0.29, 0.717) is 18.0 Å². The summed E-state index contributed by atoms with van der Waals surface area (Å²) in [5.41, 5.74) is 2.90. The molecule has 2 aromatic rings. The molecular weight excluding hydrogens is 264 g/mol. The van der Waals surface area contributed by atoms with E-state index < -0.39 is 0 Å². The Bertz CT molecular complexity index is 555. The number of thiazole rings is 1. The van der Waals surface area contributed by atoms with Crippen LogP contribution in [0.4, 0.5) is 0 Å². The summed E-state index contributed by atoms with van der Waals surface area (Å²) < 4.78 is 10.4. The van der Waals surface area contributed by atoms with Crippen molar-refractivity contribution < 1.29 is 14.3 Å². The first-order chi connectivity index (χ1) is 9.24. The lowest BCUT2D eigenvalue weighted by molar-refractivity contribution is 0.0946. The highest BCUT2D eigenvalue weighted by atomic mass is 32.1. The number of rotatable bonds is 5. The molecule has 19 heavy (non-hydrogen) atoms. The highest BCUT2D eigenvalue weighted by Gasteiger charge is 2.10. The molecular formula is C13H14N2O3S. The maximum Gasteiger partial charge on any atom is 0.271 e. The average Bonchev–Trinajstić information content (AvgIpc) is 2.98. The number of carbonyl (C=O) groups is 1. The van der Waals surface area contributed by atoms with Crippen molar-refractivity contribution in [2.45, 2.75) is 6.54 Å². The normalized spacial score (nSPS) is 10.0. The lowest BCUT2D eigenvalue weighted by atomic mass is 10.2. The number of benzene rings is 1. The molecule has 0 aliphatic rings. The Morgan fingerprint density at radius 3 is 2.84 bits per heavy atom. The highest BCUT2D eigenvalue weighted by Crippen LogP contribution is 2.23. The number of amides is 1. The van der Waals surface area contributed by atoms with E-state index in [-0.39, 0.29) is 5.91 Å². The van der Waals surface area contributed by atoms with Gasteiger partial charge in [-0.25, -0.2) is 4.98 Å². The molecule has 0 fully saturated rings. The van der Waals surface area contributed by atoms with E-state index in [1.807, 2.05) is 18.2 Å². The van der Waals surface area contributed by atoms with Crippen molar-refractivity contribution >= 4 is 17.2 Å². The van der Waals surface area contributed by atoms with Gasteiger partial charge in [0.25, 0.3) is 5.91 Å². The van der Waals surface area contributed by atoms with E-state index in [1.54, 1.807) is 25.1 Å². The number of nitrogens with zero attached hydrogens (tertiary/aromatic N) is 1. The van der Waals surface area contributed by atoms with E-state index in [2.05, 4.69) is 10.3 Å². The van der Waals surface area contributed by atoms with Crippen LogP contribution in [0, 0.1) is 0 Å². The highest BCUT2D eigenvalue weighted by molar-refractivity contribution is 7.07. The summed E-state index contributed by atoms with van der Waals surface area (Å²) in [6, 6.07) is 5.45. The van der Waals surface area contributed by atoms with Crippen molar-refractivity contribution in [1.29, 1.82) is 0 Å². The van der Waals surface area contributed by atoms with Crippen LogP contribution in [0.25, 0.3) is 0 Å². The molecule has 5 nitrogen and oxygen atoms in total. The second-order valence-corrected chi connectivity index (χ2v) is 4.45. The number of ether oxygens (including phenoxy) is 2. The smallest absolute Gasteiger partial charge is 0.271 e. The third-order valence-electron chi connectivity index (χ3n) is 2.59. The van der Waals surface area contributed by atoms with Crippen LogP contribution < -0.4 is 14.8 Å². The van der Waals surface area contributed by atoms with E-state index >= 15 is 0 Å². The third kappa shape index (κ3) is 3.23. The van der Waals surface area contributed by atoms with Gasteiger partial charge in [-0.3, -0.25) is 4.79 Å². The average molecular weight is 278 g/mol. The summed E-state index contributed by atoms with van der Waals surface area (Å²) in [5, 5.41) is 4.50. The van der Waals surface area contributed by atoms with Crippen LogP contribution in [0.15, 0.2) is 29.1 Å². The number of aromatic nitrogens is 1. The minimum absolute atomic E-state index is 0.203.